The molecule has 0 spiro atoms. The molecule has 1 N–H and O–H groups in total. The van der Waals surface area contributed by atoms with Crippen LogP contribution in [0.15, 0.2) is 16.7 Å². The number of aromatic nitrogens is 1. The van der Waals surface area contributed by atoms with Crippen molar-refractivity contribution in [3.05, 3.63) is 22.4 Å². The molecule has 2 atom stereocenters. The summed E-state index contributed by atoms with van der Waals surface area (Å²) in [6, 6.07) is 4.62. The zero-order valence-electron chi connectivity index (χ0n) is 12.8. The van der Waals surface area contributed by atoms with Gasteiger partial charge in [-0.3, -0.25) is 0 Å². The third kappa shape index (κ3) is 4.19. The van der Waals surface area contributed by atoms with E-state index in [0.717, 1.165) is 21.9 Å². The molecule has 2 unspecified atom stereocenters. The van der Waals surface area contributed by atoms with Crippen LogP contribution in [0.3, 0.4) is 0 Å². The summed E-state index contributed by atoms with van der Waals surface area (Å²) in [4.78, 5) is 7.07. The zero-order chi connectivity index (χ0) is 14.5. The minimum atomic E-state index is 0.497. The van der Waals surface area contributed by atoms with Gasteiger partial charge in [-0.2, -0.15) is 0 Å². The highest BCUT2D eigenvalue weighted by Crippen LogP contribution is 2.24. The summed E-state index contributed by atoms with van der Waals surface area (Å²) in [5.74, 6) is 0.735. The van der Waals surface area contributed by atoms with E-state index in [9.17, 15) is 0 Å². The van der Waals surface area contributed by atoms with Crippen LogP contribution in [0.1, 0.15) is 38.8 Å². The minimum Gasteiger partial charge on any atom is -0.381 e. The van der Waals surface area contributed by atoms with Crippen molar-refractivity contribution in [1.82, 2.24) is 9.88 Å². The molecule has 2 rings (SSSR count). The summed E-state index contributed by atoms with van der Waals surface area (Å²) in [7, 11) is 0. The summed E-state index contributed by atoms with van der Waals surface area (Å²) < 4.78 is 0.903. The summed E-state index contributed by atoms with van der Waals surface area (Å²) in [6.45, 7) is 10.4. The van der Waals surface area contributed by atoms with Gasteiger partial charge in [0.25, 0.3) is 0 Å². The van der Waals surface area contributed by atoms with Crippen LogP contribution in [-0.2, 0) is 0 Å². The van der Waals surface area contributed by atoms with Gasteiger partial charge in [-0.25, -0.2) is 4.98 Å². The quantitative estimate of drug-likeness (QED) is 0.819. The number of nitrogens with one attached hydrogen (secondary N) is 1. The Bertz CT molecular complexity index is 434. The molecular weight excluding hydrogens is 314 g/mol. The second-order valence-electron chi connectivity index (χ2n) is 5.90. The second kappa shape index (κ2) is 7.41. The number of piperidine rings is 1. The molecule has 0 aliphatic carbocycles. The number of hydrogen-bond donors (Lipinski definition) is 1. The van der Waals surface area contributed by atoms with E-state index in [4.69, 9.17) is 0 Å². The lowest BCUT2D eigenvalue weighted by Gasteiger charge is -2.36. The highest BCUT2D eigenvalue weighted by molar-refractivity contribution is 9.10. The van der Waals surface area contributed by atoms with E-state index in [1.807, 2.05) is 6.07 Å². The zero-order valence-corrected chi connectivity index (χ0v) is 14.4. The lowest BCUT2D eigenvalue weighted by atomic mass is 9.91. The largest absolute Gasteiger partial charge is 0.381 e. The summed E-state index contributed by atoms with van der Waals surface area (Å²) >= 11 is 3.42. The maximum atomic E-state index is 4.46. The monoisotopic (exact) mass is 339 g/mol. The molecule has 2 heterocycles. The highest BCUT2D eigenvalue weighted by Gasteiger charge is 2.24. The number of hydrogen-bond acceptors (Lipinski definition) is 3. The minimum absolute atomic E-state index is 0.497. The van der Waals surface area contributed by atoms with Crippen molar-refractivity contribution >= 4 is 21.6 Å². The molecule has 1 aromatic rings. The second-order valence-corrected chi connectivity index (χ2v) is 6.72. The van der Waals surface area contributed by atoms with Crippen LogP contribution in [0.4, 0.5) is 5.69 Å². The number of pyridine rings is 1. The fourth-order valence-electron chi connectivity index (χ4n) is 3.06. The Morgan fingerprint density at radius 3 is 3.00 bits per heavy atom. The van der Waals surface area contributed by atoms with Gasteiger partial charge in [0.15, 0.2) is 0 Å². The van der Waals surface area contributed by atoms with Gasteiger partial charge < -0.3 is 10.2 Å². The molecule has 0 amide bonds. The van der Waals surface area contributed by atoms with Crippen LogP contribution in [0.25, 0.3) is 0 Å². The average molecular weight is 340 g/mol. The molecule has 20 heavy (non-hydrogen) atoms. The predicted molar refractivity (Wildman–Crippen MR) is 89.2 cm³/mol. The Morgan fingerprint density at radius 1 is 1.50 bits per heavy atom. The van der Waals surface area contributed by atoms with E-state index >= 15 is 0 Å². The standard InChI is InChI=1S/C16H26BrN3/c1-4-9-20-10-5-6-14(11-20)12(2)18-15-7-8-16(17)19-13(15)3/h7-8,12,14,18H,4-6,9-11H2,1-3H3. The van der Waals surface area contributed by atoms with Gasteiger partial charge in [-0.1, -0.05) is 6.92 Å². The molecule has 3 nitrogen and oxygen atoms in total. The van der Waals surface area contributed by atoms with Gasteiger partial charge in [-0.15, -0.1) is 0 Å². The van der Waals surface area contributed by atoms with Crippen LogP contribution in [0.2, 0.25) is 0 Å². The number of likely N-dealkylation sites (tertiary alicyclic amines) is 1. The number of anilines is 1. The lowest BCUT2D eigenvalue weighted by molar-refractivity contribution is 0.165. The highest BCUT2D eigenvalue weighted by atomic mass is 79.9. The number of aryl methyl sites for hydroxylation is 1. The molecule has 4 heteroatoms. The van der Waals surface area contributed by atoms with Crippen LogP contribution < -0.4 is 5.32 Å². The van der Waals surface area contributed by atoms with Crippen LogP contribution in [-0.4, -0.2) is 35.6 Å². The van der Waals surface area contributed by atoms with Crippen molar-refractivity contribution in [1.29, 1.82) is 0 Å². The topological polar surface area (TPSA) is 28.2 Å². The van der Waals surface area contributed by atoms with Crippen molar-refractivity contribution in [3.63, 3.8) is 0 Å². The molecule has 0 aromatic carbocycles. The molecule has 1 fully saturated rings. The normalized spacial score (nSPS) is 21.7. The number of nitrogens with zero attached hydrogens (tertiary/aromatic N) is 2. The van der Waals surface area contributed by atoms with Crippen molar-refractivity contribution < 1.29 is 0 Å². The Morgan fingerprint density at radius 2 is 2.30 bits per heavy atom. The molecule has 1 aromatic heterocycles. The Labute approximate surface area is 131 Å². The maximum absolute atomic E-state index is 4.46. The Kier molecular flexibility index (Phi) is 5.85. The Balaban J connectivity index is 1.95. The van der Waals surface area contributed by atoms with E-state index in [-0.39, 0.29) is 0 Å². The van der Waals surface area contributed by atoms with Gasteiger partial charge in [0.05, 0.1) is 11.4 Å². The van der Waals surface area contributed by atoms with Crippen molar-refractivity contribution in [3.8, 4) is 0 Å². The molecule has 112 valence electrons. The van der Waals surface area contributed by atoms with Gasteiger partial charge in [0.1, 0.15) is 4.60 Å². The average Bonchev–Trinajstić information content (AvgIpc) is 2.42. The van der Waals surface area contributed by atoms with E-state index in [0.29, 0.717) is 6.04 Å². The first-order valence-electron chi connectivity index (χ1n) is 7.72. The van der Waals surface area contributed by atoms with Gasteiger partial charge >= 0.3 is 0 Å². The van der Waals surface area contributed by atoms with Gasteiger partial charge in [0.2, 0.25) is 0 Å². The van der Waals surface area contributed by atoms with E-state index in [2.05, 4.69) is 58.0 Å². The summed E-state index contributed by atoms with van der Waals surface area (Å²) in [5.41, 5.74) is 2.22. The maximum Gasteiger partial charge on any atom is 0.106 e. The molecular formula is C16H26BrN3. The molecule has 0 radical (unpaired) electrons. The Hall–Kier alpha value is -0.610. The van der Waals surface area contributed by atoms with E-state index in [1.54, 1.807) is 0 Å². The fraction of sp³-hybridized carbons (Fsp3) is 0.688. The van der Waals surface area contributed by atoms with E-state index in [1.165, 1.54) is 38.9 Å². The summed E-state index contributed by atoms with van der Waals surface area (Å²) in [6.07, 6.45) is 3.91. The van der Waals surface area contributed by atoms with Crippen LogP contribution in [0.5, 0.6) is 0 Å². The van der Waals surface area contributed by atoms with Crippen molar-refractivity contribution in [2.24, 2.45) is 5.92 Å². The molecule has 1 aliphatic heterocycles. The third-order valence-corrected chi connectivity index (χ3v) is 4.67. The molecule has 1 saturated heterocycles. The number of halogens is 1. The summed E-state index contributed by atoms with van der Waals surface area (Å²) in [5, 5.41) is 3.66. The smallest absolute Gasteiger partial charge is 0.106 e. The molecule has 0 bridgehead atoms. The van der Waals surface area contributed by atoms with Gasteiger partial charge in [0, 0.05) is 12.6 Å². The first kappa shape index (κ1) is 15.8. The number of rotatable bonds is 5. The first-order chi connectivity index (χ1) is 9.60. The lowest BCUT2D eigenvalue weighted by Crippen LogP contribution is -2.42. The molecule has 0 saturated carbocycles. The van der Waals surface area contributed by atoms with E-state index < -0.39 is 0 Å². The molecule has 1 aliphatic rings. The SMILES string of the molecule is CCCN1CCCC(C(C)Nc2ccc(Br)nc2C)C1. The van der Waals surface area contributed by atoms with Crippen molar-refractivity contribution in [2.75, 3.05) is 25.0 Å². The van der Waals surface area contributed by atoms with Gasteiger partial charge in [-0.05, 0) is 80.2 Å². The van der Waals surface area contributed by atoms with Crippen molar-refractivity contribution in [2.45, 2.75) is 46.1 Å². The third-order valence-electron chi connectivity index (χ3n) is 4.22. The fourth-order valence-corrected chi connectivity index (χ4v) is 3.46. The first-order valence-corrected chi connectivity index (χ1v) is 8.51. The van der Waals surface area contributed by atoms with Crippen LogP contribution in [0, 0.1) is 12.8 Å². The van der Waals surface area contributed by atoms with Crippen LogP contribution >= 0.6 is 15.9 Å². The predicted octanol–water partition coefficient (Wildman–Crippen LogP) is 4.07.